The second-order valence-electron chi connectivity index (χ2n) is 3.97. The number of ether oxygens (including phenoxy) is 1. The zero-order valence-corrected chi connectivity index (χ0v) is 11.7. The maximum absolute atomic E-state index is 11.7. The molecule has 0 spiro atoms. The molecule has 8 heteroatoms. The number of methoxy groups -OCH3 is 1. The van der Waals surface area contributed by atoms with Crippen molar-refractivity contribution in [2.45, 2.75) is 13.0 Å². The van der Waals surface area contributed by atoms with Gasteiger partial charge in [0.05, 0.1) is 19.4 Å². The van der Waals surface area contributed by atoms with Crippen LogP contribution < -0.4 is 15.4 Å². The zero-order chi connectivity index (χ0) is 15.3. The second-order valence-corrected chi connectivity index (χ2v) is 4.38. The molecule has 0 heterocycles. The minimum atomic E-state index is -1.38. The molecule has 0 aliphatic heterocycles. The van der Waals surface area contributed by atoms with Gasteiger partial charge in [-0.1, -0.05) is 11.6 Å². The highest BCUT2D eigenvalue weighted by Crippen LogP contribution is 2.30. The number of carboxylic acids is 1. The number of carbonyl (C=O) groups is 2. The molecule has 0 unspecified atom stereocenters. The van der Waals surface area contributed by atoms with Gasteiger partial charge < -0.3 is 25.6 Å². The number of amides is 2. The number of nitrogens with one attached hydrogen (secondary N) is 2. The van der Waals surface area contributed by atoms with Gasteiger partial charge in [0.25, 0.3) is 0 Å². The molecular formula is C12H15ClN2O5. The summed E-state index contributed by atoms with van der Waals surface area (Å²) in [7, 11) is 1.41. The molecule has 0 fully saturated rings. The minimum Gasteiger partial charge on any atom is -0.495 e. The Kier molecular flexibility index (Phi) is 5.60. The SMILES string of the molecule is COc1cc(Cl)c(C)cc1NC(=O)N[C@@H](CO)C(=O)O. The number of aliphatic hydroxyl groups is 1. The molecule has 1 aromatic carbocycles. The molecule has 110 valence electrons. The molecule has 1 rings (SSSR count). The van der Waals surface area contributed by atoms with E-state index in [2.05, 4.69) is 10.6 Å². The number of aryl methyl sites for hydroxylation is 1. The lowest BCUT2D eigenvalue weighted by atomic mass is 10.2. The highest BCUT2D eigenvalue weighted by atomic mass is 35.5. The summed E-state index contributed by atoms with van der Waals surface area (Å²) in [6.45, 7) is 1.04. The molecule has 0 aliphatic rings. The van der Waals surface area contributed by atoms with Crippen LogP contribution in [0.4, 0.5) is 10.5 Å². The molecule has 0 saturated heterocycles. The van der Waals surface area contributed by atoms with Crippen molar-refractivity contribution in [1.29, 1.82) is 0 Å². The zero-order valence-electron chi connectivity index (χ0n) is 10.9. The van der Waals surface area contributed by atoms with Crippen LogP contribution in [-0.4, -0.2) is 42.0 Å². The van der Waals surface area contributed by atoms with Crippen LogP contribution in [-0.2, 0) is 4.79 Å². The van der Waals surface area contributed by atoms with Crippen LogP contribution in [0.3, 0.4) is 0 Å². The predicted octanol–water partition coefficient (Wildman–Crippen LogP) is 1.22. The fourth-order valence-corrected chi connectivity index (χ4v) is 1.59. The number of aliphatic carboxylic acids is 1. The molecule has 0 aliphatic carbocycles. The third kappa shape index (κ3) is 4.01. The lowest BCUT2D eigenvalue weighted by molar-refractivity contribution is -0.140. The lowest BCUT2D eigenvalue weighted by Crippen LogP contribution is -2.45. The van der Waals surface area contributed by atoms with Gasteiger partial charge in [-0.15, -0.1) is 0 Å². The number of carbonyl (C=O) groups excluding carboxylic acids is 1. The number of hydrogen-bond donors (Lipinski definition) is 4. The Morgan fingerprint density at radius 2 is 2.10 bits per heavy atom. The van der Waals surface area contributed by atoms with Crippen molar-refractivity contribution in [2.75, 3.05) is 19.0 Å². The van der Waals surface area contributed by atoms with Crippen molar-refractivity contribution in [1.82, 2.24) is 5.32 Å². The van der Waals surface area contributed by atoms with Crippen LogP contribution in [0.2, 0.25) is 5.02 Å². The first-order valence-corrected chi connectivity index (χ1v) is 6.02. The monoisotopic (exact) mass is 302 g/mol. The molecule has 0 aromatic heterocycles. The summed E-state index contributed by atoms with van der Waals surface area (Å²) in [5, 5.41) is 22.6. The Bertz CT molecular complexity index is 521. The second kappa shape index (κ2) is 6.97. The largest absolute Gasteiger partial charge is 0.495 e. The Labute approximate surface area is 120 Å². The van der Waals surface area contributed by atoms with Crippen molar-refractivity contribution in [2.24, 2.45) is 0 Å². The first-order chi connectivity index (χ1) is 9.38. The molecule has 2 amide bonds. The topological polar surface area (TPSA) is 108 Å². The van der Waals surface area contributed by atoms with Gasteiger partial charge in [0.1, 0.15) is 5.75 Å². The van der Waals surface area contributed by atoms with Crippen molar-refractivity contribution < 1.29 is 24.5 Å². The first-order valence-electron chi connectivity index (χ1n) is 5.64. The molecule has 4 N–H and O–H groups in total. The quantitative estimate of drug-likeness (QED) is 0.654. The summed E-state index contributed by atoms with van der Waals surface area (Å²) < 4.78 is 5.07. The minimum absolute atomic E-state index is 0.339. The molecule has 20 heavy (non-hydrogen) atoms. The van der Waals surface area contributed by atoms with Crippen LogP contribution >= 0.6 is 11.6 Å². The van der Waals surface area contributed by atoms with E-state index in [1.807, 2.05) is 0 Å². The van der Waals surface area contributed by atoms with Crippen molar-refractivity contribution in [3.8, 4) is 5.75 Å². The Hall–Kier alpha value is -1.99. The van der Waals surface area contributed by atoms with Crippen molar-refractivity contribution in [3.63, 3.8) is 0 Å². The number of halogens is 1. The van der Waals surface area contributed by atoms with Gasteiger partial charge in [-0.05, 0) is 18.6 Å². The van der Waals surface area contributed by atoms with Crippen molar-refractivity contribution in [3.05, 3.63) is 22.7 Å². The summed E-state index contributed by atoms with van der Waals surface area (Å²) in [5.41, 5.74) is 1.06. The van der Waals surface area contributed by atoms with Crippen LogP contribution in [0.5, 0.6) is 5.75 Å². The summed E-state index contributed by atoms with van der Waals surface area (Å²) >= 11 is 5.93. The van der Waals surface area contributed by atoms with Gasteiger partial charge in [0.2, 0.25) is 0 Å². The molecule has 1 aromatic rings. The van der Waals surface area contributed by atoms with E-state index in [0.29, 0.717) is 16.5 Å². The highest BCUT2D eigenvalue weighted by molar-refractivity contribution is 6.31. The van der Waals surface area contributed by atoms with E-state index in [0.717, 1.165) is 5.56 Å². The van der Waals surface area contributed by atoms with E-state index in [1.54, 1.807) is 13.0 Å². The van der Waals surface area contributed by atoms with Gasteiger partial charge in [-0.3, -0.25) is 0 Å². The van der Waals surface area contributed by atoms with E-state index in [9.17, 15) is 9.59 Å². The summed E-state index contributed by atoms with van der Waals surface area (Å²) in [4.78, 5) is 22.4. The van der Waals surface area contributed by atoms with E-state index in [1.165, 1.54) is 13.2 Å². The predicted molar refractivity (Wildman–Crippen MR) is 73.4 cm³/mol. The van der Waals surface area contributed by atoms with Crippen LogP contribution in [0.25, 0.3) is 0 Å². The van der Waals surface area contributed by atoms with Gasteiger partial charge in [-0.2, -0.15) is 0 Å². The number of urea groups is 1. The Morgan fingerprint density at radius 1 is 1.45 bits per heavy atom. The van der Waals surface area contributed by atoms with E-state index in [-0.39, 0.29) is 0 Å². The smallest absolute Gasteiger partial charge is 0.328 e. The van der Waals surface area contributed by atoms with E-state index < -0.39 is 24.6 Å². The summed E-state index contributed by atoms with van der Waals surface area (Å²) in [6.07, 6.45) is 0. The first kappa shape index (κ1) is 16.1. The normalized spacial score (nSPS) is 11.6. The molecule has 7 nitrogen and oxygen atoms in total. The third-order valence-corrected chi connectivity index (χ3v) is 2.92. The maximum Gasteiger partial charge on any atom is 0.328 e. The van der Waals surface area contributed by atoms with E-state index >= 15 is 0 Å². The van der Waals surface area contributed by atoms with Gasteiger partial charge in [0, 0.05) is 11.1 Å². The number of rotatable bonds is 5. The summed E-state index contributed by atoms with van der Waals surface area (Å²) in [5.74, 6) is -0.992. The highest BCUT2D eigenvalue weighted by Gasteiger charge is 2.19. The Morgan fingerprint density at radius 3 is 2.60 bits per heavy atom. The standard InChI is InChI=1S/C12H15ClN2O5/c1-6-3-8(10(20-2)4-7(6)13)14-12(19)15-9(5-16)11(17)18/h3-4,9,16H,5H2,1-2H3,(H,17,18)(H2,14,15,19)/t9-/m0/s1. The lowest BCUT2D eigenvalue weighted by Gasteiger charge is -2.15. The van der Waals surface area contributed by atoms with Crippen LogP contribution in [0, 0.1) is 6.92 Å². The van der Waals surface area contributed by atoms with Crippen LogP contribution in [0.1, 0.15) is 5.56 Å². The fourth-order valence-electron chi connectivity index (χ4n) is 1.43. The average Bonchev–Trinajstić information content (AvgIpc) is 2.39. The van der Waals surface area contributed by atoms with Crippen LogP contribution in [0.15, 0.2) is 12.1 Å². The average molecular weight is 303 g/mol. The molecule has 0 saturated carbocycles. The maximum atomic E-state index is 11.7. The number of benzene rings is 1. The van der Waals surface area contributed by atoms with Gasteiger partial charge in [-0.25, -0.2) is 9.59 Å². The number of hydrogen-bond acceptors (Lipinski definition) is 4. The van der Waals surface area contributed by atoms with Crippen molar-refractivity contribution >= 4 is 29.3 Å². The Balaban J connectivity index is 2.85. The number of aliphatic hydroxyl groups excluding tert-OH is 1. The number of anilines is 1. The summed E-state index contributed by atoms with van der Waals surface area (Å²) in [6, 6.07) is 0.976. The fraction of sp³-hybridized carbons (Fsp3) is 0.333. The third-order valence-electron chi connectivity index (χ3n) is 2.51. The molecule has 1 atom stereocenters. The number of carboxylic acid groups (broad SMARTS) is 1. The molecule has 0 bridgehead atoms. The van der Waals surface area contributed by atoms with Gasteiger partial charge in [0.15, 0.2) is 6.04 Å². The molecular weight excluding hydrogens is 288 g/mol. The van der Waals surface area contributed by atoms with Gasteiger partial charge >= 0.3 is 12.0 Å². The molecule has 0 radical (unpaired) electrons. The van der Waals surface area contributed by atoms with E-state index in [4.69, 9.17) is 26.6 Å².